The van der Waals surface area contributed by atoms with E-state index >= 15 is 0 Å². The molecule has 0 amide bonds. The van der Waals surface area contributed by atoms with Crippen LogP contribution >= 0.6 is 0 Å². The molecule has 1 aliphatic heterocycles. The summed E-state index contributed by atoms with van der Waals surface area (Å²) >= 11 is 0. The smallest absolute Gasteiger partial charge is 0.197 e. The van der Waals surface area contributed by atoms with E-state index in [1.807, 2.05) is 12.1 Å². The van der Waals surface area contributed by atoms with E-state index in [-0.39, 0.29) is 5.96 Å². The largest absolute Gasteiger partial charge is 0.370 e. The molecule has 0 saturated heterocycles. The molecule has 78 valence electrons. The van der Waals surface area contributed by atoms with Crippen molar-refractivity contribution in [1.82, 2.24) is 10.3 Å². The standard InChI is InChI=1S/C9H12N6/c10-8-13-6-14-9(11,15-8)4-7-2-1-3-12-5-7/h1-3,5-6H,4,11H2,(H3,10,13,14,15). The highest BCUT2D eigenvalue weighted by Gasteiger charge is 2.26. The lowest BCUT2D eigenvalue weighted by Gasteiger charge is -2.28. The van der Waals surface area contributed by atoms with Gasteiger partial charge in [0.15, 0.2) is 11.7 Å². The molecule has 0 bridgehead atoms. The number of pyridine rings is 1. The summed E-state index contributed by atoms with van der Waals surface area (Å²) < 4.78 is 0. The van der Waals surface area contributed by atoms with Crippen molar-refractivity contribution in [2.24, 2.45) is 21.5 Å². The van der Waals surface area contributed by atoms with Gasteiger partial charge in [0.1, 0.15) is 6.34 Å². The van der Waals surface area contributed by atoms with Gasteiger partial charge in [-0.05, 0) is 11.6 Å². The van der Waals surface area contributed by atoms with Crippen LogP contribution in [0.25, 0.3) is 0 Å². The van der Waals surface area contributed by atoms with Crippen LogP contribution in [0, 0.1) is 0 Å². The summed E-state index contributed by atoms with van der Waals surface area (Å²) in [5.41, 5.74) is 12.5. The van der Waals surface area contributed by atoms with Gasteiger partial charge in [0, 0.05) is 18.8 Å². The van der Waals surface area contributed by atoms with Gasteiger partial charge in [0.05, 0.1) is 0 Å². The topological polar surface area (TPSA) is 102 Å². The number of nitrogens with zero attached hydrogens (tertiary/aromatic N) is 3. The number of aromatic nitrogens is 1. The van der Waals surface area contributed by atoms with Gasteiger partial charge in [0.2, 0.25) is 0 Å². The predicted octanol–water partition coefficient (Wildman–Crippen LogP) is -0.817. The molecule has 0 radical (unpaired) electrons. The summed E-state index contributed by atoms with van der Waals surface area (Å²) in [4.78, 5) is 11.8. The van der Waals surface area contributed by atoms with E-state index in [4.69, 9.17) is 11.5 Å². The summed E-state index contributed by atoms with van der Waals surface area (Å²) in [5, 5.41) is 2.82. The molecule has 1 aromatic heterocycles. The number of hydrogen-bond donors (Lipinski definition) is 3. The highest BCUT2D eigenvalue weighted by atomic mass is 15.3. The third-order valence-electron chi connectivity index (χ3n) is 2.03. The number of rotatable bonds is 2. The Kier molecular flexibility index (Phi) is 2.34. The van der Waals surface area contributed by atoms with Crippen molar-refractivity contribution in [3.8, 4) is 0 Å². The van der Waals surface area contributed by atoms with Gasteiger partial charge in [-0.1, -0.05) is 6.07 Å². The second kappa shape index (κ2) is 3.66. The average Bonchev–Trinajstić information content (AvgIpc) is 2.18. The summed E-state index contributed by atoms with van der Waals surface area (Å²) in [5.74, 6) is -0.647. The molecule has 0 aromatic carbocycles. The zero-order valence-electron chi connectivity index (χ0n) is 8.09. The van der Waals surface area contributed by atoms with Crippen LogP contribution in [-0.4, -0.2) is 23.1 Å². The molecule has 0 aliphatic carbocycles. The first kappa shape index (κ1) is 9.60. The van der Waals surface area contributed by atoms with Crippen LogP contribution in [0.3, 0.4) is 0 Å². The molecule has 2 rings (SSSR count). The first-order valence-corrected chi connectivity index (χ1v) is 4.51. The molecule has 2 heterocycles. The average molecular weight is 204 g/mol. The molecule has 15 heavy (non-hydrogen) atoms. The van der Waals surface area contributed by atoms with Crippen molar-refractivity contribution in [2.75, 3.05) is 0 Å². The molecular formula is C9H12N6. The Morgan fingerprint density at radius 1 is 1.47 bits per heavy atom. The Morgan fingerprint density at radius 3 is 3.00 bits per heavy atom. The van der Waals surface area contributed by atoms with Crippen LogP contribution in [0.5, 0.6) is 0 Å². The maximum Gasteiger partial charge on any atom is 0.197 e. The number of hydrogen-bond acceptors (Lipinski definition) is 6. The fraction of sp³-hybridized carbons (Fsp3) is 0.222. The maximum atomic E-state index is 5.98. The molecule has 1 atom stereocenters. The lowest BCUT2D eigenvalue weighted by molar-refractivity contribution is 0.405. The van der Waals surface area contributed by atoms with Crippen LogP contribution < -0.4 is 16.8 Å². The Morgan fingerprint density at radius 2 is 2.33 bits per heavy atom. The van der Waals surface area contributed by atoms with Crippen LogP contribution in [0.15, 0.2) is 34.5 Å². The number of aliphatic imine (C=N–C) groups is 2. The molecule has 0 saturated carbocycles. The molecule has 1 aromatic rings. The highest BCUT2D eigenvalue weighted by Crippen LogP contribution is 2.09. The van der Waals surface area contributed by atoms with Crippen molar-refractivity contribution < 1.29 is 0 Å². The van der Waals surface area contributed by atoms with Crippen molar-refractivity contribution in [3.05, 3.63) is 30.1 Å². The zero-order chi connectivity index (χ0) is 10.7. The molecule has 1 unspecified atom stereocenters. The van der Waals surface area contributed by atoms with Crippen molar-refractivity contribution in [3.63, 3.8) is 0 Å². The molecular weight excluding hydrogens is 192 g/mol. The lowest BCUT2D eigenvalue weighted by Crippen LogP contribution is -2.59. The molecule has 0 fully saturated rings. The van der Waals surface area contributed by atoms with Crippen molar-refractivity contribution in [2.45, 2.75) is 12.2 Å². The summed E-state index contributed by atoms with van der Waals surface area (Å²) in [6.45, 7) is 0. The van der Waals surface area contributed by atoms with Gasteiger partial charge < -0.3 is 11.1 Å². The van der Waals surface area contributed by atoms with Gasteiger partial charge in [-0.3, -0.25) is 10.7 Å². The van der Waals surface area contributed by atoms with E-state index in [0.29, 0.717) is 6.42 Å². The third kappa shape index (κ3) is 2.29. The maximum absolute atomic E-state index is 5.98. The summed E-state index contributed by atoms with van der Waals surface area (Å²) in [6, 6.07) is 3.78. The second-order valence-corrected chi connectivity index (χ2v) is 3.35. The molecule has 5 N–H and O–H groups in total. The Labute approximate surface area is 87.1 Å². The monoisotopic (exact) mass is 204 g/mol. The van der Waals surface area contributed by atoms with Crippen LogP contribution in [0.1, 0.15) is 5.56 Å². The van der Waals surface area contributed by atoms with E-state index in [1.165, 1.54) is 6.34 Å². The first-order chi connectivity index (χ1) is 7.18. The number of nitrogens with one attached hydrogen (secondary N) is 1. The first-order valence-electron chi connectivity index (χ1n) is 4.51. The minimum Gasteiger partial charge on any atom is -0.370 e. The fourth-order valence-corrected chi connectivity index (χ4v) is 1.38. The van der Waals surface area contributed by atoms with Gasteiger partial charge in [-0.25, -0.2) is 9.98 Å². The normalized spacial score (nSPS) is 24.5. The van der Waals surface area contributed by atoms with Gasteiger partial charge in [-0.15, -0.1) is 0 Å². The zero-order valence-corrected chi connectivity index (χ0v) is 8.09. The van der Waals surface area contributed by atoms with Crippen molar-refractivity contribution >= 4 is 12.3 Å². The van der Waals surface area contributed by atoms with Crippen LogP contribution in [0.2, 0.25) is 0 Å². The molecule has 1 aliphatic rings. The van der Waals surface area contributed by atoms with Crippen molar-refractivity contribution in [1.29, 1.82) is 0 Å². The Hall–Kier alpha value is -1.95. The van der Waals surface area contributed by atoms with Gasteiger partial charge >= 0.3 is 0 Å². The Balaban J connectivity index is 2.13. The molecule has 6 nitrogen and oxygen atoms in total. The predicted molar refractivity (Wildman–Crippen MR) is 58.1 cm³/mol. The minimum absolute atomic E-state index is 0.274. The quantitative estimate of drug-likeness (QED) is 0.586. The molecule has 6 heteroatoms. The van der Waals surface area contributed by atoms with Crippen LogP contribution in [-0.2, 0) is 6.42 Å². The lowest BCUT2D eigenvalue weighted by atomic mass is 10.1. The van der Waals surface area contributed by atoms with E-state index < -0.39 is 5.79 Å². The van der Waals surface area contributed by atoms with E-state index in [2.05, 4.69) is 20.3 Å². The summed E-state index contributed by atoms with van der Waals surface area (Å²) in [6.07, 6.45) is 5.32. The molecule has 0 spiro atoms. The number of guanidine groups is 1. The SMILES string of the molecule is NC1=NC=NC(N)(Cc2cccnc2)N1. The van der Waals surface area contributed by atoms with Crippen LogP contribution in [0.4, 0.5) is 0 Å². The second-order valence-electron chi connectivity index (χ2n) is 3.35. The minimum atomic E-state index is -0.922. The number of nitrogens with two attached hydrogens (primary N) is 2. The summed E-state index contributed by atoms with van der Waals surface area (Å²) in [7, 11) is 0. The van der Waals surface area contributed by atoms with E-state index in [0.717, 1.165) is 5.56 Å². The fourth-order valence-electron chi connectivity index (χ4n) is 1.38. The Bertz CT molecular complexity index is 398. The van der Waals surface area contributed by atoms with E-state index in [1.54, 1.807) is 12.4 Å². The highest BCUT2D eigenvalue weighted by molar-refractivity contribution is 5.87. The third-order valence-corrected chi connectivity index (χ3v) is 2.03. The van der Waals surface area contributed by atoms with Gasteiger partial charge in [0.25, 0.3) is 0 Å². The van der Waals surface area contributed by atoms with Gasteiger partial charge in [-0.2, -0.15) is 0 Å². The van der Waals surface area contributed by atoms with E-state index in [9.17, 15) is 0 Å².